The highest BCUT2D eigenvalue weighted by atomic mass is 16.5. The van der Waals surface area contributed by atoms with E-state index in [2.05, 4.69) is 30.7 Å². The van der Waals surface area contributed by atoms with Gasteiger partial charge in [0.05, 0.1) is 25.1 Å². The highest BCUT2D eigenvalue weighted by molar-refractivity contribution is 5.93. The van der Waals surface area contributed by atoms with Gasteiger partial charge in [0.2, 0.25) is 0 Å². The number of rotatable bonds is 7. The summed E-state index contributed by atoms with van der Waals surface area (Å²) < 4.78 is 16.4. The molecule has 0 aliphatic heterocycles. The molecule has 1 aliphatic rings. The van der Waals surface area contributed by atoms with Gasteiger partial charge in [0.15, 0.2) is 5.75 Å². The van der Waals surface area contributed by atoms with Crippen molar-refractivity contribution in [3.8, 4) is 23.0 Å². The molecule has 2 aromatic heterocycles. The molecule has 9 heteroatoms. The number of carbonyl (C=O) groups is 1. The first kappa shape index (κ1) is 22.8. The van der Waals surface area contributed by atoms with Crippen LogP contribution in [-0.4, -0.2) is 48.5 Å². The molecule has 3 N–H and O–H groups in total. The average Bonchev–Trinajstić information content (AvgIpc) is 2.73. The largest absolute Gasteiger partial charge is 0.488 e. The minimum Gasteiger partial charge on any atom is -0.488 e. The zero-order valence-electron chi connectivity index (χ0n) is 18.5. The second-order valence-corrected chi connectivity index (χ2v) is 8.60. The van der Waals surface area contributed by atoms with E-state index in [1.807, 2.05) is 6.07 Å². The summed E-state index contributed by atoms with van der Waals surface area (Å²) in [6, 6.07) is 3.45. The Hall–Kier alpha value is -2.91. The van der Waals surface area contributed by atoms with Crippen molar-refractivity contribution in [3.05, 3.63) is 39.2 Å². The fourth-order valence-corrected chi connectivity index (χ4v) is 3.87. The Balaban J connectivity index is 2.14. The number of methoxy groups -OCH3 is 2. The number of nitrogens with one attached hydrogen (secondary N) is 2. The molecular formula is C22H29N3O6. The molecule has 0 saturated heterocycles. The molecule has 1 atom stereocenters. The maximum absolute atomic E-state index is 12.6. The van der Waals surface area contributed by atoms with E-state index in [1.165, 1.54) is 12.6 Å². The minimum absolute atomic E-state index is 0.00590. The molecule has 0 bridgehead atoms. The van der Waals surface area contributed by atoms with Crippen LogP contribution in [0.25, 0.3) is 11.4 Å². The zero-order chi connectivity index (χ0) is 22.8. The van der Waals surface area contributed by atoms with Gasteiger partial charge in [0.1, 0.15) is 5.56 Å². The number of ether oxygens (including phenoxy) is 3. The van der Waals surface area contributed by atoms with Crippen LogP contribution in [0.5, 0.6) is 11.6 Å². The Morgan fingerprint density at radius 3 is 2.65 bits per heavy atom. The summed E-state index contributed by atoms with van der Waals surface area (Å²) in [5, 5.41) is 9.00. The van der Waals surface area contributed by atoms with Gasteiger partial charge < -0.3 is 19.2 Å². The van der Waals surface area contributed by atoms with E-state index in [9.17, 15) is 9.59 Å². The van der Waals surface area contributed by atoms with Gasteiger partial charge in [-0.15, -0.1) is 0 Å². The number of nitrogens with zero attached hydrogens (tertiary/aromatic N) is 1. The lowest BCUT2D eigenvalue weighted by molar-refractivity contribution is 0.0704. The molecule has 2 aromatic rings. The highest BCUT2D eigenvalue weighted by Crippen LogP contribution is 2.47. The molecule has 9 nitrogen and oxygen atoms in total. The van der Waals surface area contributed by atoms with Crippen LogP contribution >= 0.6 is 0 Å². The second kappa shape index (κ2) is 9.07. The van der Waals surface area contributed by atoms with E-state index in [4.69, 9.17) is 19.4 Å². The molecule has 0 saturated carbocycles. The maximum Gasteiger partial charge on any atom is 0.280 e. The lowest BCUT2D eigenvalue weighted by atomic mass is 9.69. The number of hydrogen-bond donors (Lipinski definition) is 3. The predicted molar refractivity (Wildman–Crippen MR) is 114 cm³/mol. The van der Waals surface area contributed by atoms with Gasteiger partial charge in [-0.3, -0.25) is 14.8 Å². The summed E-state index contributed by atoms with van der Waals surface area (Å²) in [5.74, 6) is -0.0112. The zero-order valence-corrected chi connectivity index (χ0v) is 18.5. The van der Waals surface area contributed by atoms with Crippen LogP contribution in [0.15, 0.2) is 16.9 Å². The SMILES string of the molecule is COCCCOc1cc2c(nc1OC)-c1[nH]c(=O)c(C(=O)NO)cc1C(C(C)(C)C)C2. The van der Waals surface area contributed by atoms with Crippen molar-refractivity contribution >= 4 is 5.91 Å². The molecule has 1 aliphatic carbocycles. The Kier molecular flexibility index (Phi) is 6.66. The minimum atomic E-state index is -0.854. The van der Waals surface area contributed by atoms with Crippen LogP contribution in [0.4, 0.5) is 0 Å². The van der Waals surface area contributed by atoms with Gasteiger partial charge in [0.25, 0.3) is 17.3 Å². The summed E-state index contributed by atoms with van der Waals surface area (Å²) in [5.41, 5.74) is 3.46. The lowest BCUT2D eigenvalue weighted by Gasteiger charge is -2.36. The van der Waals surface area contributed by atoms with Crippen LogP contribution in [0.3, 0.4) is 0 Å². The van der Waals surface area contributed by atoms with E-state index in [0.29, 0.717) is 42.7 Å². The number of aromatic amines is 1. The van der Waals surface area contributed by atoms with Crippen LogP contribution in [0.1, 0.15) is 54.6 Å². The molecule has 3 rings (SSSR count). The first-order valence-corrected chi connectivity index (χ1v) is 10.1. The molecule has 1 unspecified atom stereocenters. The summed E-state index contributed by atoms with van der Waals surface area (Å²) in [7, 11) is 3.15. The van der Waals surface area contributed by atoms with E-state index >= 15 is 0 Å². The van der Waals surface area contributed by atoms with Gasteiger partial charge >= 0.3 is 0 Å². The quantitative estimate of drug-likeness (QED) is 0.350. The van der Waals surface area contributed by atoms with Crippen LogP contribution in [-0.2, 0) is 11.2 Å². The molecule has 0 aromatic carbocycles. The maximum atomic E-state index is 12.6. The fraction of sp³-hybridized carbons (Fsp3) is 0.500. The molecule has 0 radical (unpaired) electrons. The first-order chi connectivity index (χ1) is 14.7. The normalized spacial score (nSPS) is 15.1. The number of aromatic nitrogens is 2. The molecule has 0 spiro atoms. The Labute approximate surface area is 180 Å². The summed E-state index contributed by atoms with van der Waals surface area (Å²) in [6.07, 6.45) is 1.37. The Morgan fingerprint density at radius 2 is 2.03 bits per heavy atom. The van der Waals surface area contributed by atoms with Crippen molar-refractivity contribution in [1.29, 1.82) is 0 Å². The van der Waals surface area contributed by atoms with Crippen molar-refractivity contribution in [3.63, 3.8) is 0 Å². The first-order valence-electron chi connectivity index (χ1n) is 10.1. The average molecular weight is 431 g/mol. The smallest absolute Gasteiger partial charge is 0.280 e. The lowest BCUT2D eigenvalue weighted by Crippen LogP contribution is -2.31. The van der Waals surface area contributed by atoms with E-state index < -0.39 is 11.5 Å². The number of hydroxylamine groups is 1. The van der Waals surface area contributed by atoms with Crippen molar-refractivity contribution in [2.45, 2.75) is 39.5 Å². The van der Waals surface area contributed by atoms with Gasteiger partial charge in [-0.25, -0.2) is 10.5 Å². The van der Waals surface area contributed by atoms with Gasteiger partial charge in [-0.05, 0) is 41.0 Å². The molecule has 31 heavy (non-hydrogen) atoms. The van der Waals surface area contributed by atoms with Crippen molar-refractivity contribution in [2.75, 3.05) is 27.4 Å². The third-order valence-corrected chi connectivity index (χ3v) is 5.48. The monoisotopic (exact) mass is 431 g/mol. The van der Waals surface area contributed by atoms with Crippen molar-refractivity contribution < 1.29 is 24.2 Å². The topological polar surface area (TPSA) is 123 Å². The number of hydrogen-bond acceptors (Lipinski definition) is 7. The van der Waals surface area contributed by atoms with E-state index in [0.717, 1.165) is 17.5 Å². The molecule has 168 valence electrons. The Bertz CT molecular complexity index is 1030. The van der Waals surface area contributed by atoms with E-state index in [1.54, 1.807) is 13.2 Å². The van der Waals surface area contributed by atoms with Gasteiger partial charge in [-0.1, -0.05) is 20.8 Å². The van der Waals surface area contributed by atoms with Crippen molar-refractivity contribution in [1.82, 2.24) is 15.4 Å². The number of H-pyrrole nitrogens is 1. The summed E-state index contributed by atoms with van der Waals surface area (Å²) >= 11 is 0. The summed E-state index contributed by atoms with van der Waals surface area (Å²) in [6.45, 7) is 7.35. The molecule has 2 heterocycles. The standard InChI is InChI=1S/C22H29N3O6/c1-22(2,3)15-9-12-10-16(31-8-6-7-29-4)21(30-5)24-17(12)18-13(15)11-14(19(26)23-18)20(27)25-28/h10-11,15,28H,6-9H2,1-5H3,(H,23,26)(H,25,27). The van der Waals surface area contributed by atoms with Crippen molar-refractivity contribution in [2.24, 2.45) is 5.41 Å². The predicted octanol–water partition coefficient (Wildman–Crippen LogP) is 2.67. The summed E-state index contributed by atoms with van der Waals surface area (Å²) in [4.78, 5) is 32.0. The number of fused-ring (bicyclic) bond motifs is 3. The molecular weight excluding hydrogens is 402 g/mol. The second-order valence-electron chi connectivity index (χ2n) is 8.60. The van der Waals surface area contributed by atoms with Crippen LogP contribution in [0, 0.1) is 5.41 Å². The number of amides is 1. The Morgan fingerprint density at radius 1 is 1.29 bits per heavy atom. The fourth-order valence-electron chi connectivity index (χ4n) is 3.87. The number of carbonyl (C=O) groups excluding carboxylic acids is 1. The van der Waals surface area contributed by atoms with E-state index in [-0.39, 0.29) is 16.9 Å². The van der Waals surface area contributed by atoms with Crippen LogP contribution < -0.4 is 20.5 Å². The molecule has 0 fully saturated rings. The van der Waals surface area contributed by atoms with Gasteiger partial charge in [0, 0.05) is 20.1 Å². The van der Waals surface area contributed by atoms with Gasteiger partial charge in [-0.2, -0.15) is 0 Å². The molecule has 1 amide bonds. The third kappa shape index (κ3) is 4.57. The highest BCUT2D eigenvalue weighted by Gasteiger charge is 2.36. The third-order valence-electron chi connectivity index (χ3n) is 5.48. The van der Waals surface area contributed by atoms with Crippen LogP contribution in [0.2, 0.25) is 0 Å². The number of pyridine rings is 2.